The first-order chi connectivity index (χ1) is 8.67. The summed E-state index contributed by atoms with van der Waals surface area (Å²) in [5.74, 6) is 0.747. The molecule has 0 atom stereocenters. The topological polar surface area (TPSA) is 0 Å². The van der Waals surface area contributed by atoms with Crippen molar-refractivity contribution >= 4 is 20.3 Å². The molecule has 0 N–H and O–H groups in total. The molecule has 0 saturated heterocycles. The number of hydrogen-bond donors (Lipinski definition) is 0. The molecule has 0 aliphatic heterocycles. The molecule has 0 aliphatic rings. The smallest absolute Gasteiger partial charge is 1.00 e. The van der Waals surface area contributed by atoms with Crippen LogP contribution in [0.5, 0.6) is 0 Å². The van der Waals surface area contributed by atoms with Gasteiger partial charge in [0.25, 0.3) is 0 Å². The third-order valence-electron chi connectivity index (χ3n) is 2.82. The van der Waals surface area contributed by atoms with Gasteiger partial charge in [-0.15, -0.1) is 40.6 Å². The molecule has 2 aromatic carbocycles. The average Bonchev–Trinajstić information content (AvgIpc) is 2.71. The zero-order chi connectivity index (χ0) is 13.4. The van der Waals surface area contributed by atoms with Crippen LogP contribution in [0.3, 0.4) is 0 Å². The van der Waals surface area contributed by atoms with Crippen molar-refractivity contribution in [3.63, 3.8) is 0 Å². The van der Waals surface area contributed by atoms with Crippen LogP contribution < -0.4 is 9.41 Å². The molecule has 0 aromatic heterocycles. The average molecular weight is 387 g/mol. The summed E-state index contributed by atoms with van der Waals surface area (Å²) in [7, 11) is 1.20. The Hall–Kier alpha value is -0.210. The molecule has 4 heteroatoms. The van der Waals surface area contributed by atoms with Crippen LogP contribution in [0.2, 0.25) is 12.1 Å². The standard InChI is InChI=1S/C13H15.C4H10Si.2FH.Zr/c1-10(2)7-11-8-12-5-3-4-6-13(12)9-11;1-3-5-4-2;;;/h3-6,8-10H,7H2,1-2H3;3-4H2,1-2H3;2*1H;/q-1;;;;+3/p-2. The van der Waals surface area contributed by atoms with Gasteiger partial charge >= 0.3 is 26.2 Å². The van der Waals surface area contributed by atoms with Gasteiger partial charge in [-0.25, -0.2) is 0 Å². The van der Waals surface area contributed by atoms with Crippen LogP contribution in [-0.4, -0.2) is 9.52 Å². The zero-order valence-corrected chi connectivity index (χ0v) is 16.9. The van der Waals surface area contributed by atoms with Crippen LogP contribution in [-0.2, 0) is 32.6 Å². The van der Waals surface area contributed by atoms with Gasteiger partial charge in [0, 0.05) is 9.52 Å². The summed E-state index contributed by atoms with van der Waals surface area (Å²) in [6.07, 6.45) is 1.19. The Morgan fingerprint density at radius 2 is 1.62 bits per heavy atom. The molecule has 0 bridgehead atoms. The maximum absolute atomic E-state index is 2.30. The second-order valence-electron chi connectivity index (χ2n) is 5.05. The monoisotopic (exact) mass is 385 g/mol. The second-order valence-corrected chi connectivity index (χ2v) is 6.96. The van der Waals surface area contributed by atoms with Crippen molar-refractivity contribution < 1.29 is 35.6 Å². The van der Waals surface area contributed by atoms with E-state index in [0.29, 0.717) is 0 Å². The van der Waals surface area contributed by atoms with E-state index < -0.39 is 0 Å². The minimum Gasteiger partial charge on any atom is -1.00 e. The van der Waals surface area contributed by atoms with Gasteiger partial charge in [-0.1, -0.05) is 45.8 Å². The van der Waals surface area contributed by atoms with E-state index in [2.05, 4.69) is 64.1 Å². The Balaban J connectivity index is -0.000000360. The first kappa shape index (κ1) is 25.7. The van der Waals surface area contributed by atoms with Crippen LogP contribution in [0, 0.1) is 5.92 Å². The maximum atomic E-state index is 2.30. The van der Waals surface area contributed by atoms with Gasteiger partial charge in [0.2, 0.25) is 0 Å². The maximum Gasteiger partial charge on any atom is 3.00 e. The number of halogens is 2. The Kier molecular flexibility index (Phi) is 18.0. The van der Waals surface area contributed by atoms with Gasteiger partial charge < -0.3 is 9.41 Å². The van der Waals surface area contributed by atoms with Crippen LogP contribution in [0.25, 0.3) is 10.8 Å². The van der Waals surface area contributed by atoms with Crippen molar-refractivity contribution in [2.75, 3.05) is 0 Å². The largest absolute Gasteiger partial charge is 3.00 e. The molecule has 0 unspecified atom stereocenters. The summed E-state index contributed by atoms with van der Waals surface area (Å²) in [4.78, 5) is 0. The van der Waals surface area contributed by atoms with E-state index in [1.54, 1.807) is 0 Å². The molecule has 115 valence electrons. The van der Waals surface area contributed by atoms with Crippen molar-refractivity contribution in [1.29, 1.82) is 0 Å². The third-order valence-corrected chi connectivity index (χ3v) is 3.82. The molecule has 0 nitrogen and oxygen atoms in total. The van der Waals surface area contributed by atoms with E-state index in [1.807, 2.05) is 0 Å². The van der Waals surface area contributed by atoms with Crippen LogP contribution in [0.15, 0.2) is 36.4 Å². The normalized spacial score (nSPS) is 9.00. The van der Waals surface area contributed by atoms with Gasteiger partial charge in [0.1, 0.15) is 0 Å². The van der Waals surface area contributed by atoms with Crippen molar-refractivity contribution in [3.8, 4) is 0 Å². The quantitative estimate of drug-likeness (QED) is 0.483. The summed E-state index contributed by atoms with van der Waals surface area (Å²) in [6, 6.07) is 15.9. The van der Waals surface area contributed by atoms with E-state index in [1.165, 1.54) is 44.4 Å². The van der Waals surface area contributed by atoms with Crippen molar-refractivity contribution in [2.45, 2.75) is 46.2 Å². The second kappa shape index (κ2) is 14.7. The number of hydrogen-bond acceptors (Lipinski definition) is 0. The summed E-state index contributed by atoms with van der Waals surface area (Å²) < 4.78 is 0. The van der Waals surface area contributed by atoms with E-state index in [4.69, 9.17) is 0 Å². The fourth-order valence-corrected chi connectivity index (χ4v) is 2.55. The Morgan fingerprint density at radius 3 is 2.05 bits per heavy atom. The van der Waals surface area contributed by atoms with Gasteiger partial charge in [-0.2, -0.15) is 6.07 Å². The predicted octanol–water partition coefficient (Wildman–Crippen LogP) is -0.670. The minimum absolute atomic E-state index is 0. The zero-order valence-electron chi connectivity index (χ0n) is 13.4. The number of benzene rings is 1. The molecular weight excluding hydrogens is 361 g/mol. The molecule has 0 amide bonds. The SMILES string of the molecule is CC(C)Cc1cc2ccccc2[cH-]1.CC[Si]CC.[F-].[F-].[Zr+3]. The molecule has 21 heavy (non-hydrogen) atoms. The minimum atomic E-state index is 0. The summed E-state index contributed by atoms with van der Waals surface area (Å²) in [5, 5.41) is 2.75. The molecule has 0 saturated carbocycles. The Bertz CT molecular complexity index is 420. The molecule has 2 rings (SSSR count). The summed E-state index contributed by atoms with van der Waals surface area (Å²) in [6.45, 7) is 8.97. The van der Waals surface area contributed by atoms with Crippen LogP contribution >= 0.6 is 0 Å². The molecule has 3 radical (unpaired) electrons. The van der Waals surface area contributed by atoms with Gasteiger partial charge in [-0.05, 0) is 12.3 Å². The van der Waals surface area contributed by atoms with Crippen LogP contribution in [0.4, 0.5) is 0 Å². The fourth-order valence-electron chi connectivity index (χ4n) is 2.05. The van der Waals surface area contributed by atoms with E-state index in [-0.39, 0.29) is 35.6 Å². The number of rotatable bonds is 4. The van der Waals surface area contributed by atoms with Gasteiger partial charge in [0.15, 0.2) is 0 Å². The Morgan fingerprint density at radius 1 is 1.05 bits per heavy atom. The van der Waals surface area contributed by atoms with Crippen molar-refractivity contribution in [1.82, 2.24) is 0 Å². The molecule has 0 heterocycles. The predicted molar refractivity (Wildman–Crippen MR) is 84.8 cm³/mol. The van der Waals surface area contributed by atoms with Gasteiger partial charge in [-0.3, -0.25) is 0 Å². The fraction of sp³-hybridized carbons (Fsp3) is 0.471. The van der Waals surface area contributed by atoms with Crippen LogP contribution in [0.1, 0.15) is 33.3 Å². The molecular formula is C17H25F2SiZr. The first-order valence-electron chi connectivity index (χ1n) is 7.02. The molecule has 0 aliphatic carbocycles. The Labute approximate surface area is 149 Å². The summed E-state index contributed by atoms with van der Waals surface area (Å²) >= 11 is 0. The first-order valence-corrected chi connectivity index (χ1v) is 8.43. The third kappa shape index (κ3) is 10.2. The van der Waals surface area contributed by atoms with Gasteiger partial charge in [0.05, 0.1) is 0 Å². The molecule has 0 spiro atoms. The van der Waals surface area contributed by atoms with Crippen molar-refractivity contribution in [2.24, 2.45) is 5.92 Å². The molecule has 2 aromatic rings. The number of fused-ring (bicyclic) bond motifs is 1. The summed E-state index contributed by atoms with van der Waals surface area (Å²) in [5.41, 5.74) is 1.47. The van der Waals surface area contributed by atoms with E-state index in [0.717, 1.165) is 5.92 Å². The van der Waals surface area contributed by atoms with E-state index in [9.17, 15) is 0 Å². The molecule has 0 fully saturated rings. The van der Waals surface area contributed by atoms with E-state index >= 15 is 0 Å². The van der Waals surface area contributed by atoms with Crippen molar-refractivity contribution in [3.05, 3.63) is 42.0 Å².